The Kier molecular flexibility index (Phi) is 5.44. The minimum absolute atomic E-state index is 0.196. The van der Waals surface area contributed by atoms with Crippen LogP contribution >= 0.6 is 0 Å². The quantitative estimate of drug-likeness (QED) is 0.504. The fourth-order valence-corrected chi connectivity index (χ4v) is 1.56. The van der Waals surface area contributed by atoms with Gasteiger partial charge in [-0.1, -0.05) is 0 Å². The van der Waals surface area contributed by atoms with Crippen LogP contribution in [0.15, 0.2) is 62.3 Å². The van der Waals surface area contributed by atoms with Crippen molar-refractivity contribution in [3.63, 3.8) is 0 Å². The molecule has 2 aromatic rings. The second-order valence-electron chi connectivity index (χ2n) is 4.22. The van der Waals surface area contributed by atoms with Gasteiger partial charge in [-0.05, 0) is 43.3 Å². The average molecular weight is 300 g/mol. The van der Waals surface area contributed by atoms with Gasteiger partial charge in [-0.2, -0.15) is 10.2 Å². The first kappa shape index (κ1) is 15.5. The van der Waals surface area contributed by atoms with Gasteiger partial charge in [0.1, 0.15) is 17.2 Å². The number of nitrogens with one attached hydrogen (secondary N) is 1. The molecule has 0 aliphatic rings. The molecule has 0 unspecified atom stereocenters. The summed E-state index contributed by atoms with van der Waals surface area (Å²) in [5.41, 5.74) is 3.07. The van der Waals surface area contributed by atoms with E-state index in [-0.39, 0.29) is 5.84 Å². The number of methoxy groups -OCH3 is 1. The third kappa shape index (κ3) is 4.29. The van der Waals surface area contributed by atoms with Gasteiger partial charge < -0.3 is 9.15 Å². The van der Waals surface area contributed by atoms with Gasteiger partial charge in [0.25, 0.3) is 0 Å². The molecule has 0 aliphatic carbocycles. The second-order valence-corrected chi connectivity index (χ2v) is 4.22. The zero-order valence-electron chi connectivity index (χ0n) is 12.2. The van der Waals surface area contributed by atoms with Crippen LogP contribution in [-0.2, 0) is 0 Å². The van der Waals surface area contributed by atoms with Crippen LogP contribution in [0.5, 0.6) is 5.75 Å². The SMILES string of the molecule is COc1ccc(N=C(NO)/C(C)=N/N=C/c2ccco2)cc1. The molecule has 0 spiro atoms. The van der Waals surface area contributed by atoms with E-state index in [1.807, 2.05) is 5.48 Å². The van der Waals surface area contributed by atoms with E-state index in [4.69, 9.17) is 9.15 Å². The molecule has 1 aromatic heterocycles. The summed E-state index contributed by atoms with van der Waals surface area (Å²) in [4.78, 5) is 4.24. The van der Waals surface area contributed by atoms with Gasteiger partial charge in [-0.3, -0.25) is 10.7 Å². The van der Waals surface area contributed by atoms with Crippen LogP contribution in [0.4, 0.5) is 5.69 Å². The summed E-state index contributed by atoms with van der Waals surface area (Å²) < 4.78 is 10.2. The van der Waals surface area contributed by atoms with Crippen molar-refractivity contribution in [3.8, 4) is 5.75 Å². The molecule has 1 aromatic carbocycles. The van der Waals surface area contributed by atoms with Gasteiger partial charge in [0.05, 0.1) is 25.3 Å². The van der Waals surface area contributed by atoms with Gasteiger partial charge >= 0.3 is 0 Å². The lowest BCUT2D eigenvalue weighted by Crippen LogP contribution is -2.26. The number of amidine groups is 1. The lowest BCUT2D eigenvalue weighted by atomic mass is 10.3. The van der Waals surface area contributed by atoms with Crippen LogP contribution in [0.3, 0.4) is 0 Å². The molecule has 0 saturated heterocycles. The van der Waals surface area contributed by atoms with Crippen molar-refractivity contribution in [2.75, 3.05) is 7.11 Å². The minimum Gasteiger partial charge on any atom is -0.497 e. The first-order valence-electron chi connectivity index (χ1n) is 6.47. The third-order valence-corrected chi connectivity index (χ3v) is 2.70. The van der Waals surface area contributed by atoms with Gasteiger partial charge in [-0.15, -0.1) is 0 Å². The molecule has 0 bridgehead atoms. The smallest absolute Gasteiger partial charge is 0.173 e. The van der Waals surface area contributed by atoms with E-state index in [1.54, 1.807) is 56.7 Å². The van der Waals surface area contributed by atoms with Gasteiger partial charge in [0.15, 0.2) is 5.84 Å². The number of aliphatic imine (C=N–C) groups is 1. The number of hydroxylamine groups is 1. The second kappa shape index (κ2) is 7.75. The maximum atomic E-state index is 9.19. The molecule has 0 amide bonds. The lowest BCUT2D eigenvalue weighted by Gasteiger charge is -2.04. The van der Waals surface area contributed by atoms with E-state index >= 15 is 0 Å². The van der Waals surface area contributed by atoms with Gasteiger partial charge in [0.2, 0.25) is 0 Å². The molecule has 0 fully saturated rings. The molecule has 114 valence electrons. The summed E-state index contributed by atoms with van der Waals surface area (Å²) in [6, 6.07) is 10.6. The zero-order valence-corrected chi connectivity index (χ0v) is 12.2. The fraction of sp³-hybridized carbons (Fsp3) is 0.133. The first-order chi connectivity index (χ1) is 10.7. The Hall–Kier alpha value is -2.93. The molecule has 2 rings (SSSR count). The van der Waals surface area contributed by atoms with Crippen LogP contribution in [0.1, 0.15) is 12.7 Å². The summed E-state index contributed by atoms with van der Waals surface area (Å²) in [6.45, 7) is 1.67. The first-order valence-corrected chi connectivity index (χ1v) is 6.47. The number of ether oxygens (including phenoxy) is 1. The highest BCUT2D eigenvalue weighted by molar-refractivity contribution is 6.40. The van der Waals surface area contributed by atoms with E-state index < -0.39 is 0 Å². The number of nitrogens with zero attached hydrogens (tertiary/aromatic N) is 3. The average Bonchev–Trinajstić information content (AvgIpc) is 3.06. The van der Waals surface area contributed by atoms with Crippen LogP contribution in [0.25, 0.3) is 0 Å². The van der Waals surface area contributed by atoms with E-state index in [9.17, 15) is 5.21 Å². The van der Waals surface area contributed by atoms with Crippen LogP contribution in [0.2, 0.25) is 0 Å². The number of hydrogen-bond donors (Lipinski definition) is 2. The highest BCUT2D eigenvalue weighted by Crippen LogP contribution is 2.17. The summed E-state index contributed by atoms with van der Waals surface area (Å²) in [6.07, 6.45) is 3.01. The van der Waals surface area contributed by atoms with Crippen LogP contribution < -0.4 is 10.2 Å². The van der Waals surface area contributed by atoms with Crippen LogP contribution in [0, 0.1) is 0 Å². The van der Waals surface area contributed by atoms with Crippen molar-refractivity contribution in [1.29, 1.82) is 0 Å². The molecule has 0 radical (unpaired) electrons. The predicted octanol–water partition coefficient (Wildman–Crippen LogP) is 2.79. The highest BCUT2D eigenvalue weighted by Gasteiger charge is 2.03. The Morgan fingerprint density at radius 2 is 2.05 bits per heavy atom. The largest absolute Gasteiger partial charge is 0.497 e. The molecule has 7 nitrogen and oxygen atoms in total. The van der Waals surface area contributed by atoms with E-state index in [0.29, 0.717) is 17.2 Å². The number of rotatable bonds is 5. The topological polar surface area (TPSA) is 91.7 Å². The summed E-state index contributed by atoms with van der Waals surface area (Å²) in [7, 11) is 1.59. The summed E-state index contributed by atoms with van der Waals surface area (Å²) in [5, 5.41) is 17.0. The van der Waals surface area contributed by atoms with Crippen molar-refractivity contribution >= 4 is 23.4 Å². The molecule has 1 heterocycles. The van der Waals surface area contributed by atoms with Crippen molar-refractivity contribution in [1.82, 2.24) is 5.48 Å². The molecule has 22 heavy (non-hydrogen) atoms. The third-order valence-electron chi connectivity index (χ3n) is 2.70. The summed E-state index contributed by atoms with van der Waals surface area (Å²) >= 11 is 0. The van der Waals surface area contributed by atoms with Crippen molar-refractivity contribution in [2.45, 2.75) is 6.92 Å². The number of hydrogen-bond acceptors (Lipinski definition) is 6. The predicted molar refractivity (Wildman–Crippen MR) is 84.4 cm³/mol. The molecular weight excluding hydrogens is 284 g/mol. The molecule has 7 heteroatoms. The highest BCUT2D eigenvalue weighted by atomic mass is 16.5. The normalized spacial score (nSPS) is 12.7. The Morgan fingerprint density at radius 3 is 2.64 bits per heavy atom. The van der Waals surface area contributed by atoms with Gasteiger partial charge in [-0.25, -0.2) is 4.99 Å². The maximum absolute atomic E-state index is 9.19. The van der Waals surface area contributed by atoms with Crippen molar-refractivity contribution in [3.05, 3.63) is 48.4 Å². The Bertz CT molecular complexity index is 673. The van der Waals surface area contributed by atoms with Gasteiger partial charge in [0, 0.05) is 0 Å². The Labute approximate surface area is 127 Å². The molecule has 0 atom stereocenters. The maximum Gasteiger partial charge on any atom is 0.173 e. The van der Waals surface area contributed by atoms with Crippen LogP contribution in [-0.4, -0.2) is 30.1 Å². The molecule has 0 aliphatic heterocycles. The number of furan rings is 1. The molecule has 0 saturated carbocycles. The van der Waals surface area contributed by atoms with E-state index in [0.717, 1.165) is 5.75 Å². The van der Waals surface area contributed by atoms with E-state index in [2.05, 4.69) is 15.2 Å². The monoisotopic (exact) mass is 300 g/mol. The zero-order chi connectivity index (χ0) is 15.8. The molecule has 2 N–H and O–H groups in total. The van der Waals surface area contributed by atoms with E-state index in [1.165, 1.54) is 6.21 Å². The number of benzene rings is 1. The lowest BCUT2D eigenvalue weighted by molar-refractivity contribution is 0.236. The Balaban J connectivity index is 2.13. The summed E-state index contributed by atoms with van der Waals surface area (Å²) in [5.74, 6) is 1.51. The Morgan fingerprint density at radius 1 is 1.27 bits per heavy atom. The minimum atomic E-state index is 0.196. The van der Waals surface area contributed by atoms with Crippen molar-refractivity contribution in [2.24, 2.45) is 15.2 Å². The standard InChI is InChI=1S/C15H16N4O3/c1-11(18-16-10-14-4-3-9-22-14)15(19-20)17-12-5-7-13(21-2)8-6-12/h3-10,20H,1-2H3,(H,17,19)/b16-10+,18-11+. The molecular formula is C15H16N4O3. The fourth-order valence-electron chi connectivity index (χ4n) is 1.56. The van der Waals surface area contributed by atoms with Crippen molar-refractivity contribution < 1.29 is 14.4 Å².